The number of hydrogen-bond donors (Lipinski definition) is 3. The molecule has 0 atom stereocenters. The molecular weight excluding hydrogens is 204 g/mol. The van der Waals surface area contributed by atoms with Gasteiger partial charge < -0.3 is 10.6 Å². The van der Waals surface area contributed by atoms with E-state index < -0.39 is 0 Å². The molecule has 1 saturated carbocycles. The second-order valence-corrected chi connectivity index (χ2v) is 4.27. The van der Waals surface area contributed by atoms with Crippen LogP contribution >= 0.6 is 0 Å². The lowest BCUT2D eigenvalue weighted by molar-refractivity contribution is 0.232. The number of amides is 2. The Labute approximate surface area is 95.0 Å². The topological polar surface area (TPSA) is 69.8 Å². The minimum absolute atomic E-state index is 0.0758. The lowest BCUT2D eigenvalue weighted by atomic mass is 9.96. The standard InChI is InChI=1S/C11H18N4O/c16-11(12-6-9-7-13-14-8-9)15-10-4-2-1-3-5-10/h7-8,10H,1-6H2,(H,13,14)(H2,12,15,16). The molecule has 5 nitrogen and oxygen atoms in total. The predicted molar refractivity (Wildman–Crippen MR) is 60.8 cm³/mol. The molecule has 1 aromatic rings. The van der Waals surface area contributed by atoms with Crippen LogP contribution in [0.25, 0.3) is 0 Å². The van der Waals surface area contributed by atoms with Crippen molar-refractivity contribution in [2.75, 3.05) is 0 Å². The molecule has 0 spiro atoms. The number of nitrogens with zero attached hydrogens (tertiary/aromatic N) is 1. The Kier molecular flexibility index (Phi) is 3.80. The zero-order chi connectivity index (χ0) is 11.2. The minimum atomic E-state index is -0.0758. The highest BCUT2D eigenvalue weighted by molar-refractivity contribution is 5.74. The second-order valence-electron chi connectivity index (χ2n) is 4.27. The third kappa shape index (κ3) is 3.25. The zero-order valence-corrected chi connectivity index (χ0v) is 9.33. The van der Waals surface area contributed by atoms with Crippen LogP contribution in [0.1, 0.15) is 37.7 Å². The van der Waals surface area contributed by atoms with E-state index >= 15 is 0 Å². The van der Waals surface area contributed by atoms with Crippen molar-refractivity contribution in [1.29, 1.82) is 0 Å². The molecule has 1 aliphatic rings. The first-order valence-electron chi connectivity index (χ1n) is 5.86. The largest absolute Gasteiger partial charge is 0.335 e. The maximum absolute atomic E-state index is 11.6. The van der Waals surface area contributed by atoms with Gasteiger partial charge in [0.25, 0.3) is 0 Å². The number of carbonyl (C=O) groups excluding carboxylic acids is 1. The van der Waals surface area contributed by atoms with Crippen molar-refractivity contribution in [1.82, 2.24) is 20.8 Å². The first-order valence-corrected chi connectivity index (χ1v) is 5.86. The van der Waals surface area contributed by atoms with Crippen LogP contribution in [0.3, 0.4) is 0 Å². The fraction of sp³-hybridized carbons (Fsp3) is 0.636. The fourth-order valence-corrected chi connectivity index (χ4v) is 2.04. The van der Waals surface area contributed by atoms with Gasteiger partial charge in [-0.25, -0.2) is 4.79 Å². The first kappa shape index (κ1) is 11.0. The predicted octanol–water partition coefficient (Wildman–Crippen LogP) is 1.54. The van der Waals surface area contributed by atoms with E-state index in [0.717, 1.165) is 18.4 Å². The molecule has 0 aromatic carbocycles. The third-order valence-corrected chi connectivity index (χ3v) is 2.95. The highest BCUT2D eigenvalue weighted by Crippen LogP contribution is 2.17. The van der Waals surface area contributed by atoms with Gasteiger partial charge in [0.05, 0.1) is 6.20 Å². The summed E-state index contributed by atoms with van der Waals surface area (Å²) in [4.78, 5) is 11.6. The van der Waals surface area contributed by atoms with Crippen LogP contribution in [0.2, 0.25) is 0 Å². The fourth-order valence-electron chi connectivity index (χ4n) is 2.04. The molecular formula is C11H18N4O. The van der Waals surface area contributed by atoms with Gasteiger partial charge in [-0.05, 0) is 12.8 Å². The van der Waals surface area contributed by atoms with E-state index in [4.69, 9.17) is 0 Å². The normalized spacial score (nSPS) is 17.0. The summed E-state index contributed by atoms with van der Waals surface area (Å²) < 4.78 is 0. The molecule has 0 radical (unpaired) electrons. The summed E-state index contributed by atoms with van der Waals surface area (Å²) >= 11 is 0. The highest BCUT2D eigenvalue weighted by atomic mass is 16.2. The van der Waals surface area contributed by atoms with Crippen molar-refractivity contribution in [3.05, 3.63) is 18.0 Å². The maximum Gasteiger partial charge on any atom is 0.315 e. The van der Waals surface area contributed by atoms with Gasteiger partial charge in [0.1, 0.15) is 0 Å². The summed E-state index contributed by atoms with van der Waals surface area (Å²) in [6, 6.07) is 0.284. The number of rotatable bonds is 3. The first-order chi connectivity index (χ1) is 7.84. The Morgan fingerprint density at radius 3 is 2.94 bits per heavy atom. The summed E-state index contributed by atoms with van der Waals surface area (Å²) in [6.45, 7) is 0.523. The molecule has 0 saturated heterocycles. The summed E-state index contributed by atoms with van der Waals surface area (Å²) in [5.41, 5.74) is 0.985. The van der Waals surface area contributed by atoms with Crippen LogP contribution in [-0.2, 0) is 6.54 Å². The summed E-state index contributed by atoms with van der Waals surface area (Å²) in [7, 11) is 0. The molecule has 2 amide bonds. The number of carbonyl (C=O) groups is 1. The molecule has 1 aliphatic carbocycles. The molecule has 0 unspecified atom stereocenters. The van der Waals surface area contributed by atoms with E-state index in [1.165, 1.54) is 19.3 Å². The van der Waals surface area contributed by atoms with E-state index in [1.807, 2.05) is 0 Å². The van der Waals surface area contributed by atoms with Crippen LogP contribution in [0, 0.1) is 0 Å². The van der Waals surface area contributed by atoms with Crippen LogP contribution in [0.5, 0.6) is 0 Å². The SMILES string of the molecule is O=C(NCc1cn[nH]c1)NC1CCCCC1. The molecule has 1 heterocycles. The van der Waals surface area contributed by atoms with Crippen LogP contribution in [0.4, 0.5) is 4.79 Å². The quantitative estimate of drug-likeness (QED) is 0.726. The van der Waals surface area contributed by atoms with Crippen molar-refractivity contribution < 1.29 is 4.79 Å². The average Bonchev–Trinajstić information content (AvgIpc) is 2.81. The van der Waals surface area contributed by atoms with Gasteiger partial charge in [0, 0.05) is 24.3 Å². The number of urea groups is 1. The van der Waals surface area contributed by atoms with Crippen LogP contribution in [0.15, 0.2) is 12.4 Å². The maximum atomic E-state index is 11.6. The molecule has 2 rings (SSSR count). The number of hydrogen-bond acceptors (Lipinski definition) is 2. The number of aromatic nitrogens is 2. The number of H-pyrrole nitrogens is 1. The monoisotopic (exact) mass is 222 g/mol. The Morgan fingerprint density at radius 1 is 1.44 bits per heavy atom. The van der Waals surface area contributed by atoms with E-state index in [2.05, 4.69) is 20.8 Å². The molecule has 5 heteroatoms. The Bertz CT molecular complexity index is 317. The van der Waals surface area contributed by atoms with Crippen molar-refractivity contribution in [3.8, 4) is 0 Å². The molecule has 0 bridgehead atoms. The molecule has 1 aromatic heterocycles. The Hall–Kier alpha value is -1.52. The summed E-state index contributed by atoms with van der Waals surface area (Å²) in [5, 5.41) is 12.4. The van der Waals surface area contributed by atoms with Crippen LogP contribution in [-0.4, -0.2) is 22.3 Å². The van der Waals surface area contributed by atoms with Crippen molar-refractivity contribution in [2.24, 2.45) is 0 Å². The van der Waals surface area contributed by atoms with Crippen LogP contribution < -0.4 is 10.6 Å². The third-order valence-electron chi connectivity index (χ3n) is 2.95. The Morgan fingerprint density at radius 2 is 2.25 bits per heavy atom. The van der Waals surface area contributed by atoms with E-state index in [1.54, 1.807) is 12.4 Å². The zero-order valence-electron chi connectivity index (χ0n) is 9.33. The molecule has 0 aliphatic heterocycles. The number of nitrogens with one attached hydrogen (secondary N) is 3. The van der Waals surface area contributed by atoms with Crippen molar-refractivity contribution in [2.45, 2.75) is 44.7 Å². The van der Waals surface area contributed by atoms with E-state index in [-0.39, 0.29) is 6.03 Å². The molecule has 3 N–H and O–H groups in total. The molecule has 16 heavy (non-hydrogen) atoms. The summed E-state index contributed by atoms with van der Waals surface area (Å²) in [5.74, 6) is 0. The van der Waals surface area contributed by atoms with Gasteiger partial charge in [-0.2, -0.15) is 5.10 Å². The average molecular weight is 222 g/mol. The molecule has 1 fully saturated rings. The van der Waals surface area contributed by atoms with Gasteiger partial charge in [-0.3, -0.25) is 5.10 Å². The van der Waals surface area contributed by atoms with Gasteiger partial charge >= 0.3 is 6.03 Å². The smallest absolute Gasteiger partial charge is 0.315 e. The lowest BCUT2D eigenvalue weighted by Crippen LogP contribution is -2.42. The van der Waals surface area contributed by atoms with E-state index in [9.17, 15) is 4.79 Å². The lowest BCUT2D eigenvalue weighted by Gasteiger charge is -2.22. The van der Waals surface area contributed by atoms with E-state index in [0.29, 0.717) is 12.6 Å². The Balaban J connectivity index is 1.67. The highest BCUT2D eigenvalue weighted by Gasteiger charge is 2.15. The van der Waals surface area contributed by atoms with Gasteiger partial charge in [0.15, 0.2) is 0 Å². The van der Waals surface area contributed by atoms with Gasteiger partial charge in [0.2, 0.25) is 0 Å². The van der Waals surface area contributed by atoms with Crippen molar-refractivity contribution in [3.63, 3.8) is 0 Å². The molecule has 88 valence electrons. The van der Waals surface area contributed by atoms with Gasteiger partial charge in [-0.1, -0.05) is 19.3 Å². The summed E-state index contributed by atoms with van der Waals surface area (Å²) in [6.07, 6.45) is 9.47. The van der Waals surface area contributed by atoms with Gasteiger partial charge in [-0.15, -0.1) is 0 Å². The minimum Gasteiger partial charge on any atom is -0.335 e. The number of aromatic amines is 1. The second kappa shape index (κ2) is 5.53. The van der Waals surface area contributed by atoms with Crippen molar-refractivity contribution >= 4 is 6.03 Å².